The maximum Gasteiger partial charge on any atom is 0.295 e. The third-order valence-electron chi connectivity index (χ3n) is 5.43. The molecular formula is C21H26N6O2. The number of benzene rings is 1. The quantitative estimate of drug-likeness (QED) is 0.619. The molecule has 8 heteroatoms. The van der Waals surface area contributed by atoms with Crippen LogP contribution in [0.15, 0.2) is 41.2 Å². The number of nitrogens with zero attached hydrogens (tertiary/aromatic N) is 3. The van der Waals surface area contributed by atoms with Crippen molar-refractivity contribution in [3.8, 4) is 5.69 Å². The second kappa shape index (κ2) is 7.71. The SMILES string of the molecule is CC(C)c1c(NC(=O)c2cc(C3CCNC3)[nH]n2)c(=O)n(-c2ccccc2)n1C. The van der Waals surface area contributed by atoms with Gasteiger partial charge in [0.25, 0.3) is 11.5 Å². The molecule has 1 fully saturated rings. The number of H-pyrrole nitrogens is 1. The summed E-state index contributed by atoms with van der Waals surface area (Å²) in [5, 5.41) is 13.3. The number of carbonyl (C=O) groups is 1. The summed E-state index contributed by atoms with van der Waals surface area (Å²) in [6.07, 6.45) is 1.02. The lowest BCUT2D eigenvalue weighted by molar-refractivity contribution is 0.102. The van der Waals surface area contributed by atoms with Crippen molar-refractivity contribution in [1.29, 1.82) is 0 Å². The highest BCUT2D eigenvalue weighted by molar-refractivity contribution is 6.03. The molecule has 29 heavy (non-hydrogen) atoms. The van der Waals surface area contributed by atoms with E-state index in [0.29, 0.717) is 11.6 Å². The molecule has 2 aromatic heterocycles. The van der Waals surface area contributed by atoms with E-state index < -0.39 is 0 Å². The second-order valence-electron chi connectivity index (χ2n) is 7.74. The first-order chi connectivity index (χ1) is 14.0. The lowest BCUT2D eigenvalue weighted by Gasteiger charge is -2.12. The third kappa shape index (κ3) is 3.51. The molecule has 1 saturated heterocycles. The number of anilines is 1. The largest absolute Gasteiger partial charge is 0.316 e. The van der Waals surface area contributed by atoms with E-state index in [2.05, 4.69) is 20.8 Å². The molecule has 1 amide bonds. The van der Waals surface area contributed by atoms with E-state index in [9.17, 15) is 9.59 Å². The topological polar surface area (TPSA) is 96.7 Å². The molecular weight excluding hydrogens is 368 g/mol. The molecule has 0 saturated carbocycles. The molecule has 0 aliphatic carbocycles. The molecule has 1 unspecified atom stereocenters. The number of nitrogens with one attached hydrogen (secondary N) is 3. The Morgan fingerprint density at radius 3 is 2.69 bits per heavy atom. The molecule has 1 aliphatic rings. The first kappa shape index (κ1) is 19.2. The van der Waals surface area contributed by atoms with E-state index >= 15 is 0 Å². The monoisotopic (exact) mass is 394 g/mol. The van der Waals surface area contributed by atoms with Crippen molar-refractivity contribution < 1.29 is 4.79 Å². The lowest BCUT2D eigenvalue weighted by atomic mass is 10.1. The minimum Gasteiger partial charge on any atom is -0.316 e. The van der Waals surface area contributed by atoms with Crippen molar-refractivity contribution in [1.82, 2.24) is 24.9 Å². The summed E-state index contributed by atoms with van der Waals surface area (Å²) in [5.74, 6) is -0.00199. The molecule has 8 nitrogen and oxygen atoms in total. The van der Waals surface area contributed by atoms with Gasteiger partial charge in [-0.15, -0.1) is 0 Å². The van der Waals surface area contributed by atoms with Gasteiger partial charge in [0.15, 0.2) is 5.69 Å². The fourth-order valence-electron chi connectivity index (χ4n) is 4.02. The van der Waals surface area contributed by atoms with Gasteiger partial charge in [-0.05, 0) is 37.1 Å². The summed E-state index contributed by atoms with van der Waals surface area (Å²) in [5.41, 5.74) is 2.78. The van der Waals surface area contributed by atoms with E-state index in [1.165, 1.54) is 0 Å². The third-order valence-corrected chi connectivity index (χ3v) is 5.43. The Hall–Kier alpha value is -3.13. The summed E-state index contributed by atoms with van der Waals surface area (Å²) < 4.78 is 3.38. The van der Waals surface area contributed by atoms with Gasteiger partial charge in [0, 0.05) is 25.2 Å². The van der Waals surface area contributed by atoms with Gasteiger partial charge in [-0.3, -0.25) is 19.4 Å². The number of amides is 1. The molecule has 0 radical (unpaired) electrons. The first-order valence-corrected chi connectivity index (χ1v) is 9.92. The molecule has 1 aliphatic heterocycles. The Bertz CT molecular complexity index is 1070. The molecule has 1 atom stereocenters. The van der Waals surface area contributed by atoms with E-state index in [4.69, 9.17) is 0 Å². The van der Waals surface area contributed by atoms with E-state index in [0.717, 1.165) is 36.6 Å². The van der Waals surface area contributed by atoms with Crippen LogP contribution in [0, 0.1) is 0 Å². The van der Waals surface area contributed by atoms with Crippen LogP contribution < -0.4 is 16.2 Å². The number of para-hydroxylation sites is 1. The van der Waals surface area contributed by atoms with Crippen molar-refractivity contribution in [2.45, 2.75) is 32.1 Å². The molecule has 1 aromatic carbocycles. The van der Waals surface area contributed by atoms with Crippen molar-refractivity contribution in [3.63, 3.8) is 0 Å². The van der Waals surface area contributed by atoms with Crippen LogP contribution in [0.3, 0.4) is 0 Å². The maximum absolute atomic E-state index is 13.2. The number of aromatic nitrogens is 4. The molecule has 3 heterocycles. The zero-order chi connectivity index (χ0) is 20.5. The maximum atomic E-state index is 13.2. The summed E-state index contributed by atoms with van der Waals surface area (Å²) >= 11 is 0. The van der Waals surface area contributed by atoms with Gasteiger partial charge in [0.1, 0.15) is 5.69 Å². The van der Waals surface area contributed by atoms with Crippen molar-refractivity contribution >= 4 is 11.6 Å². The normalized spacial score (nSPS) is 16.5. The fourth-order valence-corrected chi connectivity index (χ4v) is 4.02. The smallest absolute Gasteiger partial charge is 0.295 e. The highest BCUT2D eigenvalue weighted by atomic mass is 16.2. The van der Waals surface area contributed by atoms with Crippen LogP contribution in [0.5, 0.6) is 0 Å². The fraction of sp³-hybridized carbons (Fsp3) is 0.381. The number of hydrogen-bond donors (Lipinski definition) is 3. The second-order valence-corrected chi connectivity index (χ2v) is 7.74. The van der Waals surface area contributed by atoms with Gasteiger partial charge in [0.05, 0.1) is 11.4 Å². The molecule has 3 N–H and O–H groups in total. The van der Waals surface area contributed by atoms with Crippen LogP contribution in [0.4, 0.5) is 5.69 Å². The number of rotatable bonds is 5. The average Bonchev–Trinajstić information content (AvgIpc) is 3.43. The Morgan fingerprint density at radius 1 is 1.28 bits per heavy atom. The number of aromatic amines is 1. The first-order valence-electron chi connectivity index (χ1n) is 9.92. The number of carbonyl (C=O) groups excluding carboxylic acids is 1. The Labute approximate surface area is 168 Å². The predicted octanol–water partition coefficient (Wildman–Crippen LogP) is 2.35. The summed E-state index contributed by atoms with van der Waals surface area (Å²) in [6, 6.07) is 11.2. The van der Waals surface area contributed by atoms with Crippen LogP contribution in [-0.4, -0.2) is 38.6 Å². The number of hydrogen-bond acceptors (Lipinski definition) is 4. The predicted molar refractivity (Wildman–Crippen MR) is 112 cm³/mol. The van der Waals surface area contributed by atoms with Gasteiger partial charge in [-0.1, -0.05) is 32.0 Å². The van der Waals surface area contributed by atoms with E-state index in [-0.39, 0.29) is 23.1 Å². The Morgan fingerprint density at radius 2 is 2.03 bits per heavy atom. The summed E-state index contributed by atoms with van der Waals surface area (Å²) in [4.78, 5) is 26.0. The zero-order valence-electron chi connectivity index (χ0n) is 16.9. The van der Waals surface area contributed by atoms with Gasteiger partial charge < -0.3 is 10.6 Å². The van der Waals surface area contributed by atoms with Gasteiger partial charge in [0.2, 0.25) is 0 Å². The van der Waals surface area contributed by atoms with Crippen LogP contribution in [0.1, 0.15) is 54.0 Å². The van der Waals surface area contributed by atoms with Crippen LogP contribution in [0.25, 0.3) is 5.69 Å². The van der Waals surface area contributed by atoms with Crippen molar-refractivity contribution in [2.24, 2.45) is 7.05 Å². The van der Waals surface area contributed by atoms with Crippen LogP contribution in [-0.2, 0) is 7.05 Å². The van der Waals surface area contributed by atoms with Gasteiger partial charge in [-0.2, -0.15) is 5.10 Å². The van der Waals surface area contributed by atoms with Gasteiger partial charge in [-0.25, -0.2) is 4.68 Å². The molecule has 152 valence electrons. The van der Waals surface area contributed by atoms with E-state index in [1.54, 1.807) is 15.4 Å². The highest BCUT2D eigenvalue weighted by Crippen LogP contribution is 2.24. The average molecular weight is 394 g/mol. The summed E-state index contributed by atoms with van der Waals surface area (Å²) in [7, 11) is 1.83. The molecule has 0 bridgehead atoms. The standard InChI is InChI=1S/C21H26N6O2/c1-13(2)19-18(21(29)27(26(19)3)15-7-5-4-6-8-15)23-20(28)17-11-16(24-25-17)14-9-10-22-12-14/h4-8,11,13-14,22H,9-10,12H2,1-3H3,(H,23,28)(H,24,25). The minimum absolute atomic E-state index is 0.0484. The van der Waals surface area contributed by atoms with E-state index in [1.807, 2.05) is 51.2 Å². The van der Waals surface area contributed by atoms with Crippen molar-refractivity contribution in [3.05, 3.63) is 63.8 Å². The molecule has 0 spiro atoms. The van der Waals surface area contributed by atoms with Crippen LogP contribution in [0.2, 0.25) is 0 Å². The van der Waals surface area contributed by atoms with Crippen molar-refractivity contribution in [2.75, 3.05) is 18.4 Å². The highest BCUT2D eigenvalue weighted by Gasteiger charge is 2.25. The Balaban J connectivity index is 1.68. The van der Waals surface area contributed by atoms with Gasteiger partial charge >= 0.3 is 0 Å². The minimum atomic E-state index is -0.386. The lowest BCUT2D eigenvalue weighted by Crippen LogP contribution is -2.23. The van der Waals surface area contributed by atoms with Crippen LogP contribution >= 0.6 is 0 Å². The zero-order valence-corrected chi connectivity index (χ0v) is 16.9. The Kier molecular flexibility index (Phi) is 5.10. The molecule has 4 rings (SSSR count). The molecule has 3 aromatic rings. The summed E-state index contributed by atoms with van der Waals surface area (Å²) in [6.45, 7) is 5.84.